The smallest absolute Gasteiger partial charge is 0.219 e. The maximum atomic E-state index is 11.6. The number of hydrogen-bond donors (Lipinski definition) is 2. The van der Waals surface area contributed by atoms with E-state index in [2.05, 4.69) is 20.2 Å². The normalized spacial score (nSPS) is 25.8. The Balaban J connectivity index is 1.48. The maximum absolute atomic E-state index is 11.6. The fourth-order valence-electron chi connectivity index (χ4n) is 3.90. The molecule has 0 radical (unpaired) electrons. The van der Waals surface area contributed by atoms with Crippen LogP contribution < -0.4 is 5.32 Å². The Morgan fingerprint density at radius 1 is 1.36 bits per heavy atom. The number of anilines is 1. The van der Waals surface area contributed by atoms with Gasteiger partial charge in [0, 0.05) is 50.9 Å². The molecule has 7 nitrogen and oxygen atoms in total. The quantitative estimate of drug-likeness (QED) is 0.847. The number of amides is 1. The lowest BCUT2D eigenvalue weighted by molar-refractivity contribution is -0.137. The summed E-state index contributed by atoms with van der Waals surface area (Å²) in [4.78, 5) is 24.1. The van der Waals surface area contributed by atoms with Gasteiger partial charge in [0.1, 0.15) is 12.1 Å². The molecule has 0 aromatic carbocycles. The fourth-order valence-corrected chi connectivity index (χ4v) is 3.90. The molecule has 3 rings (SSSR count). The molecule has 0 spiro atoms. The van der Waals surface area contributed by atoms with Crippen LogP contribution in [0.2, 0.25) is 0 Å². The van der Waals surface area contributed by atoms with Crippen LogP contribution in [0.25, 0.3) is 0 Å². The molecule has 2 fully saturated rings. The second kappa shape index (κ2) is 7.66. The molecule has 1 atom stereocenters. The summed E-state index contributed by atoms with van der Waals surface area (Å²) in [5.41, 5.74) is 0.193. The molecule has 138 valence electrons. The van der Waals surface area contributed by atoms with Crippen molar-refractivity contribution in [1.29, 1.82) is 0 Å². The van der Waals surface area contributed by atoms with Crippen LogP contribution >= 0.6 is 0 Å². The first kappa shape index (κ1) is 18.1. The summed E-state index contributed by atoms with van der Waals surface area (Å²) < 4.78 is 0. The Morgan fingerprint density at radius 2 is 2.12 bits per heavy atom. The first-order valence-electron chi connectivity index (χ1n) is 9.19. The number of carbonyl (C=O) groups excluding carboxylic acids is 1. The van der Waals surface area contributed by atoms with E-state index in [1.807, 2.05) is 13.0 Å². The van der Waals surface area contributed by atoms with Gasteiger partial charge in [0.2, 0.25) is 5.91 Å². The van der Waals surface area contributed by atoms with Crippen molar-refractivity contribution in [1.82, 2.24) is 19.8 Å². The van der Waals surface area contributed by atoms with Crippen LogP contribution in [-0.2, 0) is 4.79 Å². The van der Waals surface area contributed by atoms with Crippen LogP contribution in [0.3, 0.4) is 0 Å². The summed E-state index contributed by atoms with van der Waals surface area (Å²) in [6.07, 6.45) is 5.29. The van der Waals surface area contributed by atoms with E-state index in [1.54, 1.807) is 18.2 Å². The number of nitrogens with zero attached hydrogens (tertiary/aromatic N) is 4. The average molecular weight is 347 g/mol. The molecule has 1 aromatic heterocycles. The third kappa shape index (κ3) is 4.89. The number of carbonyl (C=O) groups is 1. The number of piperidine rings is 2. The molecule has 2 saturated heterocycles. The minimum atomic E-state index is -0.770. The number of aromatic nitrogens is 2. The Bertz CT molecular complexity index is 603. The molecule has 1 amide bonds. The average Bonchev–Trinajstić information content (AvgIpc) is 2.56. The zero-order chi connectivity index (χ0) is 17.9. The third-order valence-corrected chi connectivity index (χ3v) is 5.26. The number of aliphatic hydroxyl groups is 1. The lowest BCUT2D eigenvalue weighted by Crippen LogP contribution is -2.56. The highest BCUT2D eigenvalue weighted by Gasteiger charge is 2.36. The van der Waals surface area contributed by atoms with Crippen LogP contribution in [0.4, 0.5) is 5.82 Å². The van der Waals surface area contributed by atoms with Crippen molar-refractivity contribution in [3.05, 3.63) is 18.1 Å². The topological polar surface area (TPSA) is 81.6 Å². The molecule has 1 aromatic rings. The van der Waals surface area contributed by atoms with Gasteiger partial charge in [-0.05, 0) is 32.6 Å². The fraction of sp³-hybridized carbons (Fsp3) is 0.722. The summed E-state index contributed by atoms with van der Waals surface area (Å²) in [6.45, 7) is 7.31. The molecule has 0 bridgehead atoms. The highest BCUT2D eigenvalue weighted by Crippen LogP contribution is 2.24. The van der Waals surface area contributed by atoms with Crippen molar-refractivity contribution < 1.29 is 9.90 Å². The molecule has 0 aliphatic carbocycles. The van der Waals surface area contributed by atoms with Crippen molar-refractivity contribution in [3.63, 3.8) is 0 Å². The van der Waals surface area contributed by atoms with Gasteiger partial charge in [-0.2, -0.15) is 0 Å². The van der Waals surface area contributed by atoms with Crippen molar-refractivity contribution >= 4 is 11.7 Å². The Hall–Kier alpha value is -1.73. The summed E-state index contributed by atoms with van der Waals surface area (Å²) in [6, 6.07) is 2.37. The molecule has 1 unspecified atom stereocenters. The van der Waals surface area contributed by atoms with Crippen LogP contribution in [0.5, 0.6) is 0 Å². The molecule has 3 heterocycles. The van der Waals surface area contributed by atoms with E-state index in [-0.39, 0.29) is 5.91 Å². The molecule has 2 aliphatic heterocycles. The Labute approximate surface area is 149 Å². The van der Waals surface area contributed by atoms with Crippen molar-refractivity contribution in [3.8, 4) is 0 Å². The minimum absolute atomic E-state index is 0.0566. The second-order valence-corrected chi connectivity index (χ2v) is 7.51. The van der Waals surface area contributed by atoms with Crippen LogP contribution in [0.1, 0.15) is 38.3 Å². The van der Waals surface area contributed by atoms with Crippen LogP contribution in [-0.4, -0.2) is 75.1 Å². The lowest BCUT2D eigenvalue weighted by atomic mass is 9.91. The number of likely N-dealkylation sites (tertiary alicyclic amines) is 2. The molecule has 25 heavy (non-hydrogen) atoms. The van der Waals surface area contributed by atoms with Crippen LogP contribution in [0, 0.1) is 6.92 Å². The van der Waals surface area contributed by atoms with Gasteiger partial charge in [0.05, 0.1) is 12.1 Å². The van der Waals surface area contributed by atoms with E-state index in [9.17, 15) is 9.90 Å². The van der Waals surface area contributed by atoms with E-state index < -0.39 is 5.60 Å². The SMILES string of the molecule is CC(=O)N1CCCC(O)(CN2CCC(Nc3cc(C)ncn3)CC2)C1. The van der Waals surface area contributed by atoms with Gasteiger partial charge in [-0.1, -0.05) is 0 Å². The largest absolute Gasteiger partial charge is 0.387 e. The molecule has 7 heteroatoms. The number of nitrogens with one attached hydrogen (secondary N) is 1. The molecular weight excluding hydrogens is 318 g/mol. The van der Waals surface area contributed by atoms with Gasteiger partial charge in [0.25, 0.3) is 0 Å². The number of rotatable bonds is 4. The van der Waals surface area contributed by atoms with Crippen molar-refractivity contribution in [2.45, 2.75) is 51.2 Å². The summed E-state index contributed by atoms with van der Waals surface area (Å²) in [5, 5.41) is 14.4. The number of β-amino-alcohol motifs (C(OH)–C–C–N with tert-alkyl or cyclic N) is 1. The Kier molecular flexibility index (Phi) is 5.54. The van der Waals surface area contributed by atoms with E-state index in [1.165, 1.54) is 0 Å². The highest BCUT2D eigenvalue weighted by molar-refractivity contribution is 5.73. The summed E-state index contributed by atoms with van der Waals surface area (Å²) in [5.74, 6) is 0.940. The molecule has 2 N–H and O–H groups in total. The lowest BCUT2D eigenvalue weighted by Gasteiger charge is -2.43. The summed E-state index contributed by atoms with van der Waals surface area (Å²) in [7, 11) is 0. The zero-order valence-corrected chi connectivity index (χ0v) is 15.2. The molecular formula is C18H29N5O2. The second-order valence-electron chi connectivity index (χ2n) is 7.51. The van der Waals surface area contributed by atoms with Crippen molar-refractivity contribution in [2.75, 3.05) is 38.0 Å². The first-order valence-corrected chi connectivity index (χ1v) is 9.19. The first-order chi connectivity index (χ1) is 11.9. The monoisotopic (exact) mass is 347 g/mol. The summed E-state index contributed by atoms with van der Waals surface area (Å²) >= 11 is 0. The van der Waals surface area contributed by atoms with Gasteiger partial charge in [-0.15, -0.1) is 0 Å². The molecule has 2 aliphatic rings. The number of aryl methyl sites for hydroxylation is 1. The predicted octanol–water partition coefficient (Wildman–Crippen LogP) is 1.03. The van der Waals surface area contributed by atoms with E-state index in [0.29, 0.717) is 19.1 Å². The Morgan fingerprint density at radius 3 is 2.80 bits per heavy atom. The zero-order valence-electron chi connectivity index (χ0n) is 15.2. The minimum Gasteiger partial charge on any atom is -0.387 e. The van der Waals surface area contributed by atoms with Gasteiger partial charge >= 0.3 is 0 Å². The van der Waals surface area contributed by atoms with Gasteiger partial charge in [-0.25, -0.2) is 9.97 Å². The van der Waals surface area contributed by atoms with Gasteiger partial charge in [0.15, 0.2) is 0 Å². The van der Waals surface area contributed by atoms with Gasteiger partial charge < -0.3 is 20.2 Å². The van der Waals surface area contributed by atoms with Crippen LogP contribution in [0.15, 0.2) is 12.4 Å². The molecule has 0 saturated carbocycles. The maximum Gasteiger partial charge on any atom is 0.219 e. The standard InChI is InChI=1S/C18H29N5O2/c1-14-10-17(20-13-19-14)21-16-4-8-22(9-5-16)11-18(25)6-3-7-23(12-18)15(2)24/h10,13,16,25H,3-9,11-12H2,1-2H3,(H,19,20,21). The van der Waals surface area contributed by atoms with E-state index >= 15 is 0 Å². The van der Waals surface area contributed by atoms with Crippen molar-refractivity contribution in [2.24, 2.45) is 0 Å². The highest BCUT2D eigenvalue weighted by atomic mass is 16.3. The van der Waals surface area contributed by atoms with E-state index in [0.717, 1.165) is 56.8 Å². The number of hydrogen-bond acceptors (Lipinski definition) is 6. The predicted molar refractivity (Wildman–Crippen MR) is 96.3 cm³/mol. The van der Waals surface area contributed by atoms with Gasteiger partial charge in [-0.3, -0.25) is 4.79 Å². The van der Waals surface area contributed by atoms with E-state index in [4.69, 9.17) is 0 Å². The third-order valence-electron chi connectivity index (χ3n) is 5.26.